The van der Waals surface area contributed by atoms with E-state index in [4.69, 9.17) is 9.47 Å². The van der Waals surface area contributed by atoms with Crippen LogP contribution in [0, 0.1) is 28.6 Å². The summed E-state index contributed by atoms with van der Waals surface area (Å²) in [6.45, 7) is 0.785. The largest absolute Gasteiger partial charge is 0.393 e. The predicted molar refractivity (Wildman–Crippen MR) is 73.0 cm³/mol. The number of hydrogen-bond acceptors (Lipinski definition) is 4. The monoisotopic (exact) mass is 288 g/mol. The van der Waals surface area contributed by atoms with Crippen molar-refractivity contribution in [3.8, 4) is 0 Å². The second-order valence-corrected chi connectivity index (χ2v) is 7.48. The first-order valence-corrected chi connectivity index (χ1v) is 8.26. The Balaban J connectivity index is 1.75. The molecule has 0 aromatic carbocycles. The molecule has 4 heteroatoms. The Kier molecular flexibility index (Phi) is 2.23. The lowest BCUT2D eigenvalue weighted by atomic mass is 9.37. The highest BCUT2D eigenvalue weighted by Gasteiger charge is 2.74. The Bertz CT molecular complexity index is 561. The van der Waals surface area contributed by atoms with Crippen molar-refractivity contribution in [3.05, 3.63) is 12.2 Å². The van der Waals surface area contributed by atoms with E-state index >= 15 is 0 Å². The van der Waals surface area contributed by atoms with Gasteiger partial charge in [-0.25, -0.2) is 0 Å². The summed E-state index contributed by atoms with van der Waals surface area (Å²) in [5, 5.41) is 0. The van der Waals surface area contributed by atoms with Crippen LogP contribution in [0.4, 0.5) is 0 Å². The van der Waals surface area contributed by atoms with Crippen molar-refractivity contribution in [1.82, 2.24) is 0 Å². The number of allylic oxidation sites excluding steroid dienone is 1. The molecule has 0 N–H and O–H groups in total. The van der Waals surface area contributed by atoms with Gasteiger partial charge in [-0.1, -0.05) is 25.0 Å². The second kappa shape index (κ2) is 3.78. The van der Waals surface area contributed by atoms with Crippen LogP contribution in [0.3, 0.4) is 0 Å². The number of cyclic esters (lactones) is 2. The van der Waals surface area contributed by atoms with E-state index in [1.165, 1.54) is 6.42 Å². The minimum absolute atomic E-state index is 0.0363. The molecule has 112 valence electrons. The van der Waals surface area contributed by atoms with Crippen molar-refractivity contribution in [1.29, 1.82) is 0 Å². The van der Waals surface area contributed by atoms with Gasteiger partial charge in [-0.3, -0.25) is 9.59 Å². The Morgan fingerprint density at radius 3 is 2.76 bits per heavy atom. The molecular formula is C17H20O4. The lowest BCUT2D eigenvalue weighted by Gasteiger charge is -2.67. The molecule has 2 spiro atoms. The molecule has 4 fully saturated rings. The molecular weight excluding hydrogens is 268 g/mol. The maximum atomic E-state index is 12.4. The quantitative estimate of drug-likeness (QED) is 0.390. The van der Waals surface area contributed by atoms with Crippen molar-refractivity contribution in [3.63, 3.8) is 0 Å². The van der Waals surface area contributed by atoms with Crippen LogP contribution in [0.15, 0.2) is 12.2 Å². The van der Waals surface area contributed by atoms with E-state index in [-0.39, 0.29) is 46.6 Å². The van der Waals surface area contributed by atoms with Crippen LogP contribution in [0.25, 0.3) is 0 Å². The highest BCUT2D eigenvalue weighted by atomic mass is 16.6. The summed E-state index contributed by atoms with van der Waals surface area (Å²) in [5.74, 6) is -1.10. The van der Waals surface area contributed by atoms with Crippen molar-refractivity contribution in [2.24, 2.45) is 28.6 Å². The molecule has 6 atom stereocenters. The first-order chi connectivity index (χ1) is 10.2. The van der Waals surface area contributed by atoms with Gasteiger partial charge in [0.15, 0.2) is 0 Å². The zero-order valence-electron chi connectivity index (χ0n) is 12.0. The van der Waals surface area contributed by atoms with Gasteiger partial charge in [-0.15, -0.1) is 0 Å². The topological polar surface area (TPSA) is 52.6 Å². The van der Waals surface area contributed by atoms with Crippen molar-refractivity contribution in [2.75, 3.05) is 6.61 Å². The SMILES string of the molecule is O=C1OC(=O)[C@@H]2[C@@H]1[C@H]1C=C[C@@]23CCCC[C@@]32CCCO[C@H]12. The minimum Gasteiger partial charge on any atom is -0.393 e. The number of esters is 2. The van der Waals surface area contributed by atoms with E-state index in [0.29, 0.717) is 0 Å². The summed E-state index contributed by atoms with van der Waals surface area (Å²) < 4.78 is 11.3. The molecule has 4 nitrogen and oxygen atoms in total. The van der Waals surface area contributed by atoms with E-state index in [0.717, 1.165) is 38.7 Å². The molecule has 0 unspecified atom stereocenters. The molecule has 6 aliphatic rings. The van der Waals surface area contributed by atoms with Gasteiger partial charge in [-0.2, -0.15) is 0 Å². The fourth-order valence-corrected chi connectivity index (χ4v) is 6.42. The second-order valence-electron chi connectivity index (χ2n) is 7.48. The van der Waals surface area contributed by atoms with Gasteiger partial charge in [0.25, 0.3) is 0 Å². The zero-order chi connectivity index (χ0) is 14.2. The number of carbonyl (C=O) groups excluding carboxylic acids is 2. The van der Waals surface area contributed by atoms with Crippen molar-refractivity contribution < 1.29 is 19.1 Å². The Morgan fingerprint density at radius 1 is 1.05 bits per heavy atom. The molecule has 2 aliphatic heterocycles. The summed E-state index contributed by atoms with van der Waals surface area (Å²) in [7, 11) is 0. The average Bonchev–Trinajstić information content (AvgIpc) is 2.82. The standard InChI is InChI=1S/C17H20O4/c18-14-11-10-4-8-16(12(11)15(19)21-14)5-1-2-6-17(16)7-3-9-20-13(10)17/h4,8,10-13H,1-3,5-7,9H2/t10-,11+,12+,13-,16+,17+/m1/s1. The summed E-state index contributed by atoms with van der Waals surface area (Å²) in [6, 6.07) is 0. The van der Waals surface area contributed by atoms with E-state index < -0.39 is 0 Å². The first kappa shape index (κ1) is 12.4. The Morgan fingerprint density at radius 2 is 1.86 bits per heavy atom. The first-order valence-electron chi connectivity index (χ1n) is 8.26. The highest BCUT2D eigenvalue weighted by molar-refractivity contribution is 5.98. The van der Waals surface area contributed by atoms with E-state index in [1.54, 1.807) is 0 Å². The number of hydrogen-bond donors (Lipinski definition) is 0. The average molecular weight is 288 g/mol. The fraction of sp³-hybridized carbons (Fsp3) is 0.765. The van der Waals surface area contributed by atoms with Crippen LogP contribution in [-0.2, 0) is 19.1 Å². The lowest BCUT2D eigenvalue weighted by Crippen LogP contribution is -2.68. The summed E-state index contributed by atoms with van der Waals surface area (Å²) in [4.78, 5) is 24.6. The summed E-state index contributed by atoms with van der Waals surface area (Å²) >= 11 is 0. The van der Waals surface area contributed by atoms with Crippen molar-refractivity contribution in [2.45, 2.75) is 44.6 Å². The molecule has 2 bridgehead atoms. The van der Waals surface area contributed by atoms with Crippen molar-refractivity contribution >= 4 is 11.9 Å². The number of rotatable bonds is 0. The normalized spacial score (nSPS) is 53.9. The minimum atomic E-state index is -0.313. The van der Waals surface area contributed by atoms with Gasteiger partial charge in [0.1, 0.15) is 0 Å². The van der Waals surface area contributed by atoms with Crippen LogP contribution in [0.2, 0.25) is 0 Å². The van der Waals surface area contributed by atoms with E-state index in [2.05, 4.69) is 12.2 Å². The third kappa shape index (κ3) is 1.20. The number of ether oxygens (including phenoxy) is 2. The van der Waals surface area contributed by atoms with Gasteiger partial charge < -0.3 is 9.47 Å². The van der Waals surface area contributed by atoms with Gasteiger partial charge in [0.05, 0.1) is 17.9 Å². The molecule has 0 radical (unpaired) electrons. The molecule has 2 saturated heterocycles. The molecule has 6 rings (SSSR count). The Hall–Kier alpha value is -1.16. The van der Waals surface area contributed by atoms with E-state index in [9.17, 15) is 9.59 Å². The molecule has 0 aromatic heterocycles. The molecule has 0 amide bonds. The third-order valence-corrected chi connectivity index (χ3v) is 7.02. The molecule has 2 heterocycles. The predicted octanol–water partition coefficient (Wildman–Crippen LogP) is 2.23. The highest BCUT2D eigenvalue weighted by Crippen LogP contribution is 2.72. The summed E-state index contributed by atoms with van der Waals surface area (Å²) in [5.41, 5.74) is -0.132. The molecule has 4 aliphatic carbocycles. The zero-order valence-corrected chi connectivity index (χ0v) is 12.0. The third-order valence-electron chi connectivity index (χ3n) is 7.02. The van der Waals surface area contributed by atoms with Gasteiger partial charge in [-0.05, 0) is 25.7 Å². The molecule has 0 aromatic rings. The summed E-state index contributed by atoms with van der Waals surface area (Å²) in [6.07, 6.45) is 11.2. The fourth-order valence-electron chi connectivity index (χ4n) is 6.42. The van der Waals surface area contributed by atoms with Gasteiger partial charge in [0.2, 0.25) is 0 Å². The van der Waals surface area contributed by atoms with Crippen LogP contribution < -0.4 is 0 Å². The molecule has 21 heavy (non-hydrogen) atoms. The van der Waals surface area contributed by atoms with Gasteiger partial charge >= 0.3 is 11.9 Å². The van der Waals surface area contributed by atoms with E-state index in [1.807, 2.05) is 0 Å². The van der Waals surface area contributed by atoms with Crippen LogP contribution >= 0.6 is 0 Å². The maximum absolute atomic E-state index is 12.4. The Labute approximate surface area is 123 Å². The van der Waals surface area contributed by atoms with Crippen LogP contribution in [0.1, 0.15) is 38.5 Å². The lowest BCUT2D eigenvalue weighted by molar-refractivity contribution is -0.231. The van der Waals surface area contributed by atoms with Gasteiger partial charge in [0, 0.05) is 23.4 Å². The maximum Gasteiger partial charge on any atom is 0.318 e. The number of carbonyl (C=O) groups is 2. The molecule has 2 saturated carbocycles. The van der Waals surface area contributed by atoms with Crippen LogP contribution in [0.5, 0.6) is 0 Å². The van der Waals surface area contributed by atoms with Crippen LogP contribution in [-0.4, -0.2) is 24.6 Å². The smallest absolute Gasteiger partial charge is 0.318 e.